The number of nitrogens with zero attached hydrogens (tertiary/aromatic N) is 1. The number of urea groups is 1. The Bertz CT molecular complexity index is 1010. The molecule has 1 heterocycles. The summed E-state index contributed by atoms with van der Waals surface area (Å²) in [5.74, 6) is 0.977. The zero-order chi connectivity index (χ0) is 26.2. The van der Waals surface area contributed by atoms with E-state index in [9.17, 15) is 14.4 Å². The smallest absolute Gasteiger partial charge is 0.317 e. The number of hydrogen-bond acceptors (Lipinski definition) is 4. The summed E-state index contributed by atoms with van der Waals surface area (Å²) in [4.78, 5) is 41.2. The topological polar surface area (TPSA) is 99.8 Å². The number of nitrogens with one attached hydrogen (secondary N) is 3. The van der Waals surface area contributed by atoms with E-state index in [1.165, 1.54) is 11.3 Å². The van der Waals surface area contributed by atoms with Crippen molar-refractivity contribution in [2.75, 3.05) is 39.2 Å². The number of amides is 4. The molecule has 1 unspecified atom stereocenters. The summed E-state index contributed by atoms with van der Waals surface area (Å²) < 4.78 is 5.73. The molecule has 1 saturated heterocycles. The maximum absolute atomic E-state index is 13.6. The van der Waals surface area contributed by atoms with Crippen LogP contribution in [-0.2, 0) is 19.7 Å². The molecule has 1 aromatic rings. The maximum atomic E-state index is 13.6. The lowest BCUT2D eigenvalue weighted by Gasteiger charge is -2.39. The van der Waals surface area contributed by atoms with Crippen molar-refractivity contribution in [3.8, 4) is 0 Å². The van der Waals surface area contributed by atoms with Gasteiger partial charge in [-0.2, -0.15) is 0 Å². The molecule has 1 aliphatic heterocycles. The van der Waals surface area contributed by atoms with Gasteiger partial charge in [-0.15, -0.1) is 0 Å². The van der Waals surface area contributed by atoms with Crippen molar-refractivity contribution in [3.05, 3.63) is 29.8 Å². The molecule has 4 amide bonds. The minimum atomic E-state index is -0.760. The minimum Gasteiger partial charge on any atom is -0.380 e. The number of rotatable bonds is 10. The van der Waals surface area contributed by atoms with Gasteiger partial charge < -0.3 is 25.6 Å². The van der Waals surface area contributed by atoms with Crippen LogP contribution in [-0.4, -0.2) is 62.6 Å². The third kappa shape index (κ3) is 5.64. The maximum Gasteiger partial charge on any atom is 0.317 e. The first-order valence-electron chi connectivity index (χ1n) is 14.0. The van der Waals surface area contributed by atoms with E-state index in [1.807, 2.05) is 24.3 Å². The Morgan fingerprint density at radius 1 is 1.08 bits per heavy atom. The molecule has 37 heavy (non-hydrogen) atoms. The summed E-state index contributed by atoms with van der Waals surface area (Å²) in [5.41, 5.74) is 0.928. The molecule has 1 aromatic carbocycles. The normalized spacial score (nSPS) is 25.2. The Morgan fingerprint density at radius 2 is 1.78 bits per heavy atom. The number of carbonyl (C=O) groups excluding carboxylic acids is 3. The molecular formula is C29H42N4O4. The standard InChI is InChI=1S/C29H42N4O4/c1-28(12-5-13-28)17-30-26(35)29(14-15-37-18-29)21-6-4-7-22(16-21)31-25(34)24(32-27(36)33(2)3)23(19-8-9-19)20-10-11-20/h4,6-7,16,19-20,23-24H,5,8-15,17-18H2,1-3H3,(H,30,35)(H,31,34)(H,32,36)/t24-,29?/m0/s1. The first kappa shape index (κ1) is 26.0. The van der Waals surface area contributed by atoms with Gasteiger partial charge in [-0.05, 0) is 85.8 Å². The number of hydrogen-bond donors (Lipinski definition) is 3. The van der Waals surface area contributed by atoms with E-state index in [0.29, 0.717) is 43.7 Å². The first-order valence-corrected chi connectivity index (χ1v) is 14.0. The van der Waals surface area contributed by atoms with Crippen LogP contribution in [0.5, 0.6) is 0 Å². The van der Waals surface area contributed by atoms with Gasteiger partial charge >= 0.3 is 6.03 Å². The molecule has 3 N–H and O–H groups in total. The van der Waals surface area contributed by atoms with Crippen LogP contribution >= 0.6 is 0 Å². The van der Waals surface area contributed by atoms with Crippen molar-refractivity contribution in [1.82, 2.24) is 15.5 Å². The van der Waals surface area contributed by atoms with Gasteiger partial charge in [0.2, 0.25) is 11.8 Å². The zero-order valence-corrected chi connectivity index (χ0v) is 22.5. The van der Waals surface area contributed by atoms with E-state index >= 15 is 0 Å². The van der Waals surface area contributed by atoms with Gasteiger partial charge in [-0.3, -0.25) is 9.59 Å². The molecule has 4 aliphatic rings. The Hall–Kier alpha value is -2.61. The lowest BCUT2D eigenvalue weighted by Crippen LogP contribution is -2.52. The Kier molecular flexibility index (Phi) is 7.22. The van der Waals surface area contributed by atoms with Crippen LogP contribution < -0.4 is 16.0 Å². The summed E-state index contributed by atoms with van der Waals surface area (Å²) in [6.45, 7) is 3.78. The van der Waals surface area contributed by atoms with Gasteiger partial charge in [0.05, 0.1) is 12.0 Å². The van der Waals surface area contributed by atoms with Crippen molar-refractivity contribution in [1.29, 1.82) is 0 Å². The highest BCUT2D eigenvalue weighted by Crippen LogP contribution is 2.51. The molecule has 3 saturated carbocycles. The fraction of sp³-hybridized carbons (Fsp3) is 0.690. The highest BCUT2D eigenvalue weighted by atomic mass is 16.5. The first-order chi connectivity index (χ1) is 17.7. The molecule has 8 nitrogen and oxygen atoms in total. The lowest BCUT2D eigenvalue weighted by atomic mass is 9.70. The summed E-state index contributed by atoms with van der Waals surface area (Å²) in [7, 11) is 3.38. The molecule has 0 bridgehead atoms. The van der Waals surface area contributed by atoms with Gasteiger partial charge in [0.15, 0.2) is 0 Å². The zero-order valence-electron chi connectivity index (χ0n) is 22.5. The molecule has 2 atom stereocenters. The average molecular weight is 511 g/mol. The van der Waals surface area contributed by atoms with Crippen molar-refractivity contribution >= 4 is 23.5 Å². The Balaban J connectivity index is 1.33. The molecule has 0 radical (unpaired) electrons. The van der Waals surface area contributed by atoms with Crippen LogP contribution in [0.25, 0.3) is 0 Å². The Morgan fingerprint density at radius 3 is 2.32 bits per heavy atom. The van der Waals surface area contributed by atoms with Crippen LogP contribution in [0.3, 0.4) is 0 Å². The van der Waals surface area contributed by atoms with Crippen molar-refractivity contribution in [3.63, 3.8) is 0 Å². The summed E-state index contributed by atoms with van der Waals surface area (Å²) >= 11 is 0. The van der Waals surface area contributed by atoms with Crippen molar-refractivity contribution in [2.45, 2.75) is 69.7 Å². The molecule has 8 heteroatoms. The fourth-order valence-corrected chi connectivity index (χ4v) is 6.13. The second-order valence-electron chi connectivity index (χ2n) is 12.4. The van der Waals surface area contributed by atoms with Crippen LogP contribution in [0.15, 0.2) is 24.3 Å². The van der Waals surface area contributed by atoms with Crippen LogP contribution in [0.2, 0.25) is 0 Å². The molecule has 0 spiro atoms. The fourth-order valence-electron chi connectivity index (χ4n) is 6.13. The molecule has 3 aliphatic carbocycles. The van der Waals surface area contributed by atoms with Gasteiger partial charge in [0.1, 0.15) is 6.04 Å². The predicted octanol–water partition coefficient (Wildman–Crippen LogP) is 3.67. The van der Waals surface area contributed by atoms with Gasteiger partial charge in [-0.25, -0.2) is 4.79 Å². The van der Waals surface area contributed by atoms with Crippen molar-refractivity contribution in [2.24, 2.45) is 23.2 Å². The van der Waals surface area contributed by atoms with E-state index in [2.05, 4.69) is 22.9 Å². The highest BCUT2D eigenvalue weighted by Gasteiger charge is 2.49. The number of anilines is 1. The lowest BCUT2D eigenvalue weighted by molar-refractivity contribution is -0.127. The third-order valence-corrected chi connectivity index (χ3v) is 9.06. The monoisotopic (exact) mass is 510 g/mol. The van der Waals surface area contributed by atoms with E-state index in [4.69, 9.17) is 4.74 Å². The van der Waals surface area contributed by atoms with Gasteiger partial charge in [0, 0.05) is 32.9 Å². The van der Waals surface area contributed by atoms with Gasteiger partial charge in [-0.1, -0.05) is 25.5 Å². The molecule has 202 valence electrons. The van der Waals surface area contributed by atoms with E-state index < -0.39 is 11.5 Å². The quantitative estimate of drug-likeness (QED) is 0.447. The second-order valence-corrected chi connectivity index (χ2v) is 12.4. The van der Waals surface area contributed by atoms with E-state index in [-0.39, 0.29) is 29.2 Å². The van der Waals surface area contributed by atoms with Crippen molar-refractivity contribution < 1.29 is 19.1 Å². The predicted molar refractivity (Wildman–Crippen MR) is 142 cm³/mol. The second kappa shape index (κ2) is 10.3. The SMILES string of the molecule is CN(C)C(=O)N[C@H](C(=O)Nc1cccc(C2(C(=O)NCC3(C)CCC3)CCOC2)c1)C(C1CC1)C1CC1. The van der Waals surface area contributed by atoms with Crippen LogP contribution in [0.4, 0.5) is 10.5 Å². The highest BCUT2D eigenvalue weighted by molar-refractivity contribution is 5.98. The third-order valence-electron chi connectivity index (χ3n) is 9.06. The van der Waals surface area contributed by atoms with Crippen LogP contribution in [0.1, 0.15) is 63.9 Å². The molecular weight excluding hydrogens is 468 g/mol. The number of carbonyl (C=O) groups is 3. The molecule has 4 fully saturated rings. The van der Waals surface area contributed by atoms with Gasteiger partial charge in [0.25, 0.3) is 0 Å². The minimum absolute atomic E-state index is 0.000236. The summed E-state index contributed by atoms with van der Waals surface area (Å²) in [5, 5.41) is 9.30. The molecule has 5 rings (SSSR count). The summed E-state index contributed by atoms with van der Waals surface area (Å²) in [6.07, 6.45) is 8.60. The summed E-state index contributed by atoms with van der Waals surface area (Å²) in [6, 6.07) is 6.78. The van der Waals surface area contributed by atoms with Crippen LogP contribution in [0, 0.1) is 23.2 Å². The average Bonchev–Trinajstić information content (AvgIpc) is 3.80. The largest absolute Gasteiger partial charge is 0.380 e. The van der Waals surface area contributed by atoms with E-state index in [1.54, 1.807) is 14.1 Å². The number of ether oxygens (including phenoxy) is 1. The number of benzene rings is 1. The molecule has 0 aromatic heterocycles. The Labute approximate surface area is 220 Å². The van der Waals surface area contributed by atoms with E-state index in [0.717, 1.165) is 44.1 Å².